The molecule has 1 aliphatic carbocycles. The van der Waals surface area contributed by atoms with E-state index >= 15 is 0 Å². The number of aryl methyl sites for hydroxylation is 1. The van der Waals surface area contributed by atoms with E-state index < -0.39 is 17.2 Å². The summed E-state index contributed by atoms with van der Waals surface area (Å²) < 4.78 is 1.43. The van der Waals surface area contributed by atoms with Crippen LogP contribution in [0, 0.1) is 0 Å². The normalized spacial score (nSPS) is 13.4. The molecule has 0 bridgehead atoms. The molecule has 31 heavy (non-hydrogen) atoms. The van der Waals surface area contributed by atoms with E-state index in [-0.39, 0.29) is 22.5 Å². The van der Waals surface area contributed by atoms with Crippen molar-refractivity contribution in [2.24, 2.45) is 0 Å². The maximum atomic E-state index is 13.4. The van der Waals surface area contributed by atoms with Crippen LogP contribution in [-0.2, 0) is 6.54 Å². The Labute approximate surface area is 183 Å². The van der Waals surface area contributed by atoms with E-state index in [9.17, 15) is 14.4 Å². The molecule has 0 aliphatic heterocycles. The highest BCUT2D eigenvalue weighted by molar-refractivity contribution is 6.31. The van der Waals surface area contributed by atoms with Gasteiger partial charge in [-0.05, 0) is 43.5 Å². The van der Waals surface area contributed by atoms with E-state index in [1.54, 1.807) is 18.2 Å². The number of rotatable bonds is 6. The first-order valence-electron chi connectivity index (χ1n) is 10.3. The molecule has 2 aromatic heterocycles. The number of carbonyl (C=O) groups is 1. The van der Waals surface area contributed by atoms with Gasteiger partial charge in [0, 0.05) is 37.3 Å². The molecular formula is C22H24ClN5O3. The van der Waals surface area contributed by atoms with Crippen molar-refractivity contribution in [2.45, 2.75) is 38.6 Å². The van der Waals surface area contributed by atoms with E-state index in [1.165, 1.54) is 4.57 Å². The second-order valence-corrected chi connectivity index (χ2v) is 8.42. The van der Waals surface area contributed by atoms with Crippen molar-refractivity contribution in [3.8, 4) is 0 Å². The van der Waals surface area contributed by atoms with Gasteiger partial charge in [-0.25, -0.2) is 9.78 Å². The van der Waals surface area contributed by atoms with Crippen LogP contribution in [-0.4, -0.2) is 34.5 Å². The monoisotopic (exact) mass is 441 g/mol. The number of amides is 1. The van der Waals surface area contributed by atoms with Gasteiger partial charge in [-0.1, -0.05) is 18.5 Å². The fraction of sp³-hybridized carbons (Fsp3) is 0.364. The topological polar surface area (TPSA) is 100 Å². The molecule has 162 valence electrons. The first-order chi connectivity index (χ1) is 14.8. The number of H-pyrrole nitrogens is 1. The maximum Gasteiger partial charge on any atom is 0.329 e. The number of halogens is 1. The average molecular weight is 442 g/mol. The van der Waals surface area contributed by atoms with E-state index in [4.69, 9.17) is 11.6 Å². The summed E-state index contributed by atoms with van der Waals surface area (Å²) >= 11 is 6.15. The molecule has 0 unspecified atom stereocenters. The molecule has 0 radical (unpaired) electrons. The summed E-state index contributed by atoms with van der Waals surface area (Å²) in [5, 5.41) is 3.48. The molecule has 2 N–H and O–H groups in total. The van der Waals surface area contributed by atoms with Gasteiger partial charge in [0.25, 0.3) is 11.5 Å². The minimum atomic E-state index is -0.619. The van der Waals surface area contributed by atoms with Crippen LogP contribution in [0.15, 0.2) is 33.9 Å². The standard InChI is InChI=1S/C22H24ClN5O3/c1-4-9-28-19-18(21(30)26-22(28)31)14(11-15(24-19)12-5-6-12)20(29)25-16-10-13(23)7-8-17(16)27(2)3/h7-8,10-12H,4-6,9H2,1-3H3,(H,25,29)(H,26,30,31). The number of fused-ring (bicyclic) bond motifs is 1. The fourth-order valence-corrected chi connectivity index (χ4v) is 3.85. The third-order valence-corrected chi connectivity index (χ3v) is 5.58. The number of hydrogen-bond acceptors (Lipinski definition) is 5. The highest BCUT2D eigenvalue weighted by Crippen LogP contribution is 2.40. The number of hydrogen-bond donors (Lipinski definition) is 2. The van der Waals surface area contributed by atoms with Crippen LogP contribution >= 0.6 is 11.6 Å². The fourth-order valence-electron chi connectivity index (χ4n) is 3.68. The molecule has 1 aromatic carbocycles. The van der Waals surface area contributed by atoms with Crippen LogP contribution in [0.1, 0.15) is 48.2 Å². The minimum Gasteiger partial charge on any atom is -0.376 e. The summed E-state index contributed by atoms with van der Waals surface area (Å²) in [5.74, 6) is -0.212. The number of pyridine rings is 1. The molecule has 4 rings (SSSR count). The van der Waals surface area contributed by atoms with Crippen molar-refractivity contribution in [1.82, 2.24) is 14.5 Å². The lowest BCUT2D eigenvalue weighted by Crippen LogP contribution is -2.32. The molecule has 8 nitrogen and oxygen atoms in total. The van der Waals surface area contributed by atoms with Crippen LogP contribution < -0.4 is 21.5 Å². The zero-order valence-corrected chi connectivity index (χ0v) is 18.4. The molecule has 3 aromatic rings. The predicted molar refractivity (Wildman–Crippen MR) is 123 cm³/mol. The maximum absolute atomic E-state index is 13.4. The molecule has 1 aliphatic rings. The van der Waals surface area contributed by atoms with Gasteiger partial charge < -0.3 is 10.2 Å². The first kappa shape index (κ1) is 21.1. The molecule has 0 atom stereocenters. The van der Waals surface area contributed by atoms with Gasteiger partial charge in [0.05, 0.1) is 22.3 Å². The van der Waals surface area contributed by atoms with E-state index in [0.29, 0.717) is 23.7 Å². The lowest BCUT2D eigenvalue weighted by molar-refractivity contribution is 0.102. The van der Waals surface area contributed by atoms with Crippen molar-refractivity contribution < 1.29 is 4.79 Å². The highest BCUT2D eigenvalue weighted by atomic mass is 35.5. The molecule has 1 fully saturated rings. The predicted octanol–water partition coefficient (Wildman–Crippen LogP) is 3.34. The number of carbonyl (C=O) groups excluding carboxylic acids is 1. The summed E-state index contributed by atoms with van der Waals surface area (Å²) in [6.07, 6.45) is 2.63. The molecule has 2 heterocycles. The second-order valence-electron chi connectivity index (χ2n) is 7.99. The third kappa shape index (κ3) is 4.07. The summed E-state index contributed by atoms with van der Waals surface area (Å²) in [5.41, 5.74) is 1.34. The number of anilines is 2. The SMILES string of the molecule is CCCn1c(=O)[nH]c(=O)c2c(C(=O)Nc3cc(Cl)ccc3N(C)C)cc(C3CC3)nc21. The van der Waals surface area contributed by atoms with E-state index in [0.717, 1.165) is 24.2 Å². The molecular weight excluding hydrogens is 418 g/mol. The van der Waals surface area contributed by atoms with Gasteiger partial charge >= 0.3 is 5.69 Å². The van der Waals surface area contributed by atoms with Gasteiger partial charge in [-0.2, -0.15) is 0 Å². The minimum absolute atomic E-state index is 0.114. The lowest BCUT2D eigenvalue weighted by atomic mass is 10.1. The molecule has 0 saturated heterocycles. The zero-order chi connectivity index (χ0) is 22.3. The van der Waals surface area contributed by atoms with Crippen LogP contribution in [0.4, 0.5) is 11.4 Å². The van der Waals surface area contributed by atoms with Crippen molar-refractivity contribution in [1.29, 1.82) is 0 Å². The van der Waals surface area contributed by atoms with E-state index in [1.807, 2.05) is 32.0 Å². The van der Waals surface area contributed by atoms with Gasteiger partial charge in [0.2, 0.25) is 0 Å². The van der Waals surface area contributed by atoms with Crippen molar-refractivity contribution in [3.63, 3.8) is 0 Å². The van der Waals surface area contributed by atoms with Crippen LogP contribution in [0.5, 0.6) is 0 Å². The van der Waals surface area contributed by atoms with Gasteiger partial charge in [-0.15, -0.1) is 0 Å². The number of aromatic nitrogens is 3. The van der Waals surface area contributed by atoms with Gasteiger partial charge in [-0.3, -0.25) is 19.1 Å². The summed E-state index contributed by atoms with van der Waals surface area (Å²) in [6, 6.07) is 6.89. The Balaban J connectivity index is 1.90. The van der Waals surface area contributed by atoms with Crippen LogP contribution in [0.2, 0.25) is 5.02 Å². The molecule has 1 saturated carbocycles. The number of nitrogens with one attached hydrogen (secondary N) is 2. The molecule has 0 spiro atoms. The number of aromatic amines is 1. The first-order valence-corrected chi connectivity index (χ1v) is 10.6. The van der Waals surface area contributed by atoms with E-state index in [2.05, 4.69) is 15.3 Å². The van der Waals surface area contributed by atoms with Crippen molar-refractivity contribution >= 4 is 39.9 Å². The lowest BCUT2D eigenvalue weighted by Gasteiger charge is -2.19. The van der Waals surface area contributed by atoms with Gasteiger partial charge in [0.1, 0.15) is 0 Å². The van der Waals surface area contributed by atoms with Crippen molar-refractivity contribution in [2.75, 3.05) is 24.3 Å². The van der Waals surface area contributed by atoms with Crippen LogP contribution in [0.3, 0.4) is 0 Å². The Bertz CT molecular complexity index is 1290. The summed E-state index contributed by atoms with van der Waals surface area (Å²) in [6.45, 7) is 2.33. The summed E-state index contributed by atoms with van der Waals surface area (Å²) in [4.78, 5) is 47.3. The smallest absolute Gasteiger partial charge is 0.329 e. The average Bonchev–Trinajstić information content (AvgIpc) is 3.55. The Morgan fingerprint density at radius 2 is 2.03 bits per heavy atom. The second kappa shape index (κ2) is 8.19. The molecule has 1 amide bonds. The zero-order valence-electron chi connectivity index (χ0n) is 17.7. The Hall–Kier alpha value is -3.13. The third-order valence-electron chi connectivity index (χ3n) is 5.34. The Morgan fingerprint density at radius 1 is 1.29 bits per heavy atom. The number of nitrogens with zero attached hydrogens (tertiary/aromatic N) is 3. The van der Waals surface area contributed by atoms with Gasteiger partial charge in [0.15, 0.2) is 5.65 Å². The number of benzene rings is 1. The quantitative estimate of drug-likeness (QED) is 0.611. The molecule has 9 heteroatoms. The summed E-state index contributed by atoms with van der Waals surface area (Å²) in [7, 11) is 3.72. The largest absolute Gasteiger partial charge is 0.376 e. The Morgan fingerprint density at radius 3 is 2.68 bits per heavy atom. The van der Waals surface area contributed by atoms with Crippen LogP contribution in [0.25, 0.3) is 11.0 Å². The highest BCUT2D eigenvalue weighted by Gasteiger charge is 2.29. The van der Waals surface area contributed by atoms with Crippen molar-refractivity contribution in [3.05, 3.63) is 61.4 Å². The Kier molecular flexibility index (Phi) is 5.58.